The lowest BCUT2D eigenvalue weighted by atomic mass is 10.1. The molecule has 0 spiro atoms. The Hall–Kier alpha value is -0.800. The van der Waals surface area contributed by atoms with Crippen LogP contribution in [-0.2, 0) is 4.18 Å². The van der Waals surface area contributed by atoms with Crippen LogP contribution in [0.4, 0.5) is 4.39 Å². The van der Waals surface area contributed by atoms with E-state index in [1.807, 2.05) is 36.4 Å². The molecule has 17 heavy (non-hydrogen) atoms. The number of hydrogen-bond acceptors (Lipinski definition) is 2. The van der Waals surface area contributed by atoms with Crippen LogP contribution in [0.15, 0.2) is 47.9 Å². The Morgan fingerprint density at radius 2 is 2.06 bits per heavy atom. The lowest BCUT2D eigenvalue weighted by molar-refractivity contribution is 0.205. The van der Waals surface area contributed by atoms with E-state index >= 15 is 0 Å². The lowest BCUT2D eigenvalue weighted by Crippen LogP contribution is -2.07. The van der Waals surface area contributed by atoms with Crippen molar-refractivity contribution in [3.63, 3.8) is 0 Å². The lowest BCUT2D eigenvalue weighted by Gasteiger charge is -2.07. The van der Waals surface area contributed by atoms with Gasteiger partial charge in [-0.15, -0.1) is 6.58 Å². The van der Waals surface area contributed by atoms with Crippen molar-refractivity contribution in [1.29, 1.82) is 0 Å². The predicted octanol–water partition coefficient (Wildman–Crippen LogP) is 4.79. The van der Waals surface area contributed by atoms with Crippen LogP contribution in [0, 0.1) is 0 Å². The Bertz CT molecular complexity index is 302. The number of hydrogen-bond donors (Lipinski definition) is 0. The van der Waals surface area contributed by atoms with Gasteiger partial charge in [0, 0.05) is 16.9 Å². The van der Waals surface area contributed by atoms with E-state index in [9.17, 15) is 4.39 Å². The van der Waals surface area contributed by atoms with Crippen LogP contribution >= 0.6 is 12.0 Å². The molecule has 1 aromatic rings. The van der Waals surface area contributed by atoms with E-state index < -0.39 is 6.17 Å². The Morgan fingerprint density at radius 3 is 2.76 bits per heavy atom. The van der Waals surface area contributed by atoms with E-state index in [2.05, 4.69) is 6.58 Å². The van der Waals surface area contributed by atoms with Gasteiger partial charge in [-0.2, -0.15) is 0 Å². The summed E-state index contributed by atoms with van der Waals surface area (Å²) in [5, 5.41) is 0. The standard InChI is InChI=1S/C14H19FOS/c1-2-3-4-6-9-13(15)12-16-17-14-10-7-5-8-11-14/h2,5,7-8,10-11,13H,1,3-4,6,9,12H2. The average molecular weight is 254 g/mol. The van der Waals surface area contributed by atoms with Gasteiger partial charge in [-0.25, -0.2) is 4.39 Å². The fraction of sp³-hybridized carbons (Fsp3) is 0.429. The highest BCUT2D eigenvalue weighted by molar-refractivity contribution is 7.94. The molecular weight excluding hydrogens is 235 g/mol. The molecule has 3 heteroatoms. The van der Waals surface area contributed by atoms with Gasteiger partial charge in [0.05, 0.1) is 6.61 Å². The minimum Gasteiger partial charge on any atom is -0.307 e. The molecule has 0 heterocycles. The van der Waals surface area contributed by atoms with Crippen LogP contribution in [0.25, 0.3) is 0 Å². The molecule has 0 N–H and O–H groups in total. The average Bonchev–Trinajstić information content (AvgIpc) is 2.36. The fourth-order valence-corrected chi connectivity index (χ4v) is 2.01. The second-order valence-corrected chi connectivity index (χ2v) is 4.73. The maximum atomic E-state index is 13.4. The monoisotopic (exact) mass is 254 g/mol. The Kier molecular flexibility index (Phi) is 7.76. The van der Waals surface area contributed by atoms with Crippen molar-refractivity contribution in [3.8, 4) is 0 Å². The van der Waals surface area contributed by atoms with Gasteiger partial charge >= 0.3 is 0 Å². The highest BCUT2D eigenvalue weighted by atomic mass is 32.2. The van der Waals surface area contributed by atoms with Crippen LogP contribution in [0.5, 0.6) is 0 Å². The van der Waals surface area contributed by atoms with Gasteiger partial charge < -0.3 is 4.18 Å². The van der Waals surface area contributed by atoms with Crippen molar-refractivity contribution in [2.24, 2.45) is 0 Å². The van der Waals surface area contributed by atoms with Crippen molar-refractivity contribution in [3.05, 3.63) is 43.0 Å². The van der Waals surface area contributed by atoms with E-state index in [1.165, 1.54) is 12.0 Å². The zero-order valence-electron chi connectivity index (χ0n) is 9.98. The second-order valence-electron chi connectivity index (χ2n) is 3.85. The third kappa shape index (κ3) is 7.18. The van der Waals surface area contributed by atoms with Gasteiger partial charge in [-0.05, 0) is 31.4 Å². The summed E-state index contributed by atoms with van der Waals surface area (Å²) in [5.41, 5.74) is 0. The molecule has 0 radical (unpaired) electrons. The maximum Gasteiger partial charge on any atom is 0.125 e. The number of allylic oxidation sites excluding steroid dienone is 1. The number of unbranched alkanes of at least 4 members (excludes halogenated alkanes) is 2. The van der Waals surface area contributed by atoms with Crippen molar-refractivity contribution in [2.45, 2.75) is 36.8 Å². The molecule has 0 bridgehead atoms. The quantitative estimate of drug-likeness (QED) is 0.356. The topological polar surface area (TPSA) is 9.23 Å². The van der Waals surface area contributed by atoms with Gasteiger partial charge in [0.25, 0.3) is 0 Å². The van der Waals surface area contributed by atoms with Gasteiger partial charge in [-0.3, -0.25) is 0 Å². The molecule has 0 saturated heterocycles. The predicted molar refractivity (Wildman–Crippen MR) is 71.8 cm³/mol. The molecule has 1 atom stereocenters. The maximum absolute atomic E-state index is 13.4. The van der Waals surface area contributed by atoms with Crippen LogP contribution in [0.2, 0.25) is 0 Å². The molecular formula is C14H19FOS. The van der Waals surface area contributed by atoms with Crippen LogP contribution in [0.1, 0.15) is 25.7 Å². The summed E-state index contributed by atoms with van der Waals surface area (Å²) in [6.45, 7) is 3.80. The number of benzene rings is 1. The molecule has 0 aliphatic carbocycles. The first-order valence-corrected chi connectivity index (χ1v) is 6.66. The normalized spacial score (nSPS) is 12.3. The molecule has 0 aliphatic heterocycles. The SMILES string of the molecule is C=CCCCCC(F)COSc1ccccc1. The highest BCUT2D eigenvalue weighted by Crippen LogP contribution is 2.19. The Labute approximate surface area is 107 Å². The van der Waals surface area contributed by atoms with Gasteiger partial charge in [0.15, 0.2) is 0 Å². The number of halogens is 1. The summed E-state index contributed by atoms with van der Waals surface area (Å²) >= 11 is 1.24. The van der Waals surface area contributed by atoms with E-state index in [-0.39, 0.29) is 6.61 Å². The van der Waals surface area contributed by atoms with Crippen molar-refractivity contribution in [1.82, 2.24) is 0 Å². The first-order chi connectivity index (χ1) is 8.33. The van der Waals surface area contributed by atoms with Gasteiger partial charge in [-0.1, -0.05) is 30.7 Å². The Balaban J connectivity index is 2.04. The molecule has 1 rings (SSSR count). The van der Waals surface area contributed by atoms with E-state index in [4.69, 9.17) is 4.18 Å². The van der Waals surface area contributed by atoms with Gasteiger partial charge in [0.1, 0.15) is 6.17 Å². The first-order valence-electron chi connectivity index (χ1n) is 5.92. The van der Waals surface area contributed by atoms with Crippen molar-refractivity contribution in [2.75, 3.05) is 6.61 Å². The molecule has 0 saturated carbocycles. The summed E-state index contributed by atoms with van der Waals surface area (Å²) in [5.74, 6) is 0. The third-order valence-corrected chi connectivity index (χ3v) is 3.04. The van der Waals surface area contributed by atoms with E-state index in [0.29, 0.717) is 6.42 Å². The molecule has 1 unspecified atom stereocenters. The molecule has 0 fully saturated rings. The Morgan fingerprint density at radius 1 is 1.29 bits per heavy atom. The second kappa shape index (κ2) is 9.25. The van der Waals surface area contributed by atoms with Crippen LogP contribution in [0.3, 0.4) is 0 Å². The number of rotatable bonds is 9. The highest BCUT2D eigenvalue weighted by Gasteiger charge is 2.06. The van der Waals surface area contributed by atoms with Crippen LogP contribution in [-0.4, -0.2) is 12.8 Å². The van der Waals surface area contributed by atoms with Crippen molar-refractivity contribution >= 4 is 12.0 Å². The van der Waals surface area contributed by atoms with Crippen molar-refractivity contribution < 1.29 is 8.57 Å². The summed E-state index contributed by atoms with van der Waals surface area (Å²) in [4.78, 5) is 1.01. The summed E-state index contributed by atoms with van der Waals surface area (Å²) in [7, 11) is 0. The molecule has 0 aromatic heterocycles. The minimum absolute atomic E-state index is 0.160. The molecule has 1 nitrogen and oxygen atoms in total. The summed E-state index contributed by atoms with van der Waals surface area (Å²) in [6.07, 6.45) is 4.45. The zero-order chi connectivity index (χ0) is 12.3. The largest absolute Gasteiger partial charge is 0.307 e. The van der Waals surface area contributed by atoms with Crippen LogP contribution < -0.4 is 0 Å². The molecule has 1 aromatic carbocycles. The molecule has 0 amide bonds. The molecule has 94 valence electrons. The smallest absolute Gasteiger partial charge is 0.125 e. The first kappa shape index (κ1) is 14.3. The minimum atomic E-state index is -0.865. The number of alkyl halides is 1. The van der Waals surface area contributed by atoms with Gasteiger partial charge in [0.2, 0.25) is 0 Å². The van der Waals surface area contributed by atoms with E-state index in [0.717, 1.165) is 24.2 Å². The summed E-state index contributed by atoms with van der Waals surface area (Å²) in [6, 6.07) is 9.72. The van der Waals surface area contributed by atoms with E-state index in [1.54, 1.807) is 0 Å². The fourth-order valence-electron chi connectivity index (χ4n) is 1.39. The summed E-state index contributed by atoms with van der Waals surface area (Å²) < 4.78 is 18.6. The third-order valence-electron chi connectivity index (χ3n) is 2.32. The molecule has 0 aliphatic rings. The zero-order valence-corrected chi connectivity index (χ0v) is 10.8.